The van der Waals surface area contributed by atoms with Crippen LogP contribution < -0.4 is 5.32 Å². The molecule has 0 radical (unpaired) electrons. The normalized spacial score (nSPS) is 13.7. The Balaban J connectivity index is 1.36. The Morgan fingerprint density at radius 2 is 1.69 bits per heavy atom. The highest BCUT2D eigenvalue weighted by atomic mass is 35.5. The highest BCUT2D eigenvalue weighted by Crippen LogP contribution is 2.31. The van der Waals surface area contributed by atoms with Gasteiger partial charge in [-0.05, 0) is 59.7 Å². The van der Waals surface area contributed by atoms with E-state index in [1.54, 1.807) is 37.3 Å². The summed E-state index contributed by atoms with van der Waals surface area (Å²) in [5.41, 5.74) is 3.71. The van der Waals surface area contributed by atoms with Crippen LogP contribution in [0.4, 0.5) is 5.69 Å². The van der Waals surface area contributed by atoms with Crippen molar-refractivity contribution in [2.75, 3.05) is 17.6 Å². The number of amides is 1. The Labute approximate surface area is 213 Å². The second-order valence-electron chi connectivity index (χ2n) is 9.18. The highest BCUT2D eigenvalue weighted by molar-refractivity contribution is 7.91. The van der Waals surface area contributed by atoms with Crippen molar-refractivity contribution in [2.45, 2.75) is 44.2 Å². The van der Waals surface area contributed by atoms with Crippen LogP contribution in [0, 0.1) is 5.92 Å². The lowest BCUT2D eigenvalue weighted by atomic mass is 10.1. The third-order valence-corrected chi connectivity index (χ3v) is 8.32. The van der Waals surface area contributed by atoms with E-state index in [1.165, 1.54) is 18.4 Å². The lowest BCUT2D eigenvalue weighted by Gasteiger charge is -2.23. The molecule has 0 unspecified atom stereocenters. The van der Waals surface area contributed by atoms with Gasteiger partial charge in [-0.15, -0.1) is 0 Å². The topological polar surface area (TPSA) is 66.5 Å². The summed E-state index contributed by atoms with van der Waals surface area (Å²) in [7, 11) is -3.25. The van der Waals surface area contributed by atoms with Crippen molar-refractivity contribution in [1.29, 1.82) is 0 Å². The molecule has 7 heteroatoms. The molecule has 5 nitrogen and oxygen atoms in total. The number of halogens is 1. The second-order valence-corrected chi connectivity index (χ2v) is 11.9. The SMILES string of the molecule is CCS(=O)(=O)c1ccc(CC(=O)Nc2ccc(CN(Cc3ccccc3)CC3CC3)c(Cl)c2)cc1. The van der Waals surface area contributed by atoms with Crippen molar-refractivity contribution in [2.24, 2.45) is 5.92 Å². The first-order valence-electron chi connectivity index (χ1n) is 12.0. The van der Waals surface area contributed by atoms with Crippen molar-refractivity contribution in [1.82, 2.24) is 4.90 Å². The highest BCUT2D eigenvalue weighted by Gasteiger charge is 2.24. The minimum atomic E-state index is -3.25. The molecule has 1 saturated carbocycles. The van der Waals surface area contributed by atoms with Gasteiger partial charge in [-0.3, -0.25) is 9.69 Å². The monoisotopic (exact) mass is 510 g/mol. The molecule has 35 heavy (non-hydrogen) atoms. The molecule has 184 valence electrons. The molecule has 0 spiro atoms. The number of nitrogens with one attached hydrogen (secondary N) is 1. The molecule has 0 saturated heterocycles. The summed E-state index contributed by atoms with van der Waals surface area (Å²) in [4.78, 5) is 15.3. The van der Waals surface area contributed by atoms with Crippen LogP contribution in [0.25, 0.3) is 0 Å². The van der Waals surface area contributed by atoms with Crippen LogP contribution in [-0.2, 0) is 34.1 Å². The molecule has 3 aromatic carbocycles. The fraction of sp³-hybridized carbons (Fsp3) is 0.321. The lowest BCUT2D eigenvalue weighted by Crippen LogP contribution is -2.25. The number of benzene rings is 3. The number of carbonyl (C=O) groups is 1. The van der Waals surface area contributed by atoms with Crippen molar-refractivity contribution < 1.29 is 13.2 Å². The molecule has 1 fully saturated rings. The van der Waals surface area contributed by atoms with Gasteiger partial charge in [0.25, 0.3) is 0 Å². The second kappa shape index (κ2) is 11.4. The first-order valence-corrected chi connectivity index (χ1v) is 14.0. The summed E-state index contributed by atoms with van der Waals surface area (Å²) < 4.78 is 23.9. The van der Waals surface area contributed by atoms with Gasteiger partial charge in [-0.1, -0.05) is 67.1 Å². The van der Waals surface area contributed by atoms with Gasteiger partial charge in [-0.25, -0.2) is 8.42 Å². The molecule has 0 aliphatic heterocycles. The molecule has 0 bridgehead atoms. The standard InChI is InChI=1S/C28H31ClN2O3S/c1-2-35(33,34)26-14-10-21(11-15-26)16-28(32)30-25-13-12-24(27(29)17-25)20-31(19-23-8-9-23)18-22-6-4-3-5-7-22/h3-7,10-15,17,23H,2,8-9,16,18-20H2,1H3,(H,30,32). The molecule has 1 N–H and O–H groups in total. The maximum absolute atomic E-state index is 12.5. The molecule has 3 aromatic rings. The number of nitrogens with zero attached hydrogens (tertiary/aromatic N) is 1. The van der Waals surface area contributed by atoms with Crippen LogP contribution in [0.1, 0.15) is 36.5 Å². The Hall–Kier alpha value is -2.67. The zero-order chi connectivity index (χ0) is 24.8. The Morgan fingerprint density at radius 1 is 0.971 bits per heavy atom. The zero-order valence-corrected chi connectivity index (χ0v) is 21.5. The zero-order valence-electron chi connectivity index (χ0n) is 19.9. The summed E-state index contributed by atoms with van der Waals surface area (Å²) in [5, 5.41) is 3.52. The fourth-order valence-electron chi connectivity index (χ4n) is 4.06. The maximum Gasteiger partial charge on any atom is 0.228 e. The Bertz CT molecular complexity index is 1260. The lowest BCUT2D eigenvalue weighted by molar-refractivity contribution is -0.115. The summed E-state index contributed by atoms with van der Waals surface area (Å²) in [6.07, 6.45) is 2.74. The first kappa shape index (κ1) is 25.4. The third kappa shape index (κ3) is 7.40. The number of carbonyl (C=O) groups excluding carboxylic acids is 1. The number of sulfone groups is 1. The van der Waals surface area contributed by atoms with E-state index in [1.807, 2.05) is 18.2 Å². The Kier molecular flexibility index (Phi) is 8.26. The first-order chi connectivity index (χ1) is 16.8. The van der Waals surface area contributed by atoms with E-state index in [0.29, 0.717) is 10.7 Å². The smallest absolute Gasteiger partial charge is 0.228 e. The van der Waals surface area contributed by atoms with Crippen LogP contribution in [0.5, 0.6) is 0 Å². The predicted octanol–water partition coefficient (Wildman–Crippen LogP) is 5.73. The predicted molar refractivity (Wildman–Crippen MR) is 141 cm³/mol. The average molecular weight is 511 g/mol. The summed E-state index contributed by atoms with van der Waals surface area (Å²) in [6, 6.07) is 22.6. The van der Waals surface area contributed by atoms with Gasteiger partial charge in [0, 0.05) is 30.3 Å². The number of rotatable bonds is 11. The molecule has 1 aliphatic carbocycles. The van der Waals surface area contributed by atoms with Gasteiger partial charge in [0.05, 0.1) is 17.1 Å². The number of hydrogen-bond donors (Lipinski definition) is 1. The van der Waals surface area contributed by atoms with Crippen molar-refractivity contribution in [3.63, 3.8) is 0 Å². The molecule has 4 rings (SSSR count). The number of hydrogen-bond acceptors (Lipinski definition) is 4. The van der Waals surface area contributed by atoms with Crippen LogP contribution in [0.15, 0.2) is 77.7 Å². The molecule has 0 heterocycles. The molecular formula is C28H31ClN2O3S. The molecular weight excluding hydrogens is 480 g/mol. The van der Waals surface area contributed by atoms with Gasteiger partial charge < -0.3 is 5.32 Å². The van der Waals surface area contributed by atoms with E-state index < -0.39 is 9.84 Å². The van der Waals surface area contributed by atoms with Crippen LogP contribution in [0.2, 0.25) is 5.02 Å². The van der Waals surface area contributed by atoms with Gasteiger partial charge in [0.15, 0.2) is 9.84 Å². The summed E-state index contributed by atoms with van der Waals surface area (Å²) in [6.45, 7) is 4.30. The largest absolute Gasteiger partial charge is 0.326 e. The van der Waals surface area contributed by atoms with Crippen LogP contribution in [-0.4, -0.2) is 31.5 Å². The Morgan fingerprint density at radius 3 is 2.31 bits per heavy atom. The van der Waals surface area contributed by atoms with E-state index in [0.717, 1.165) is 36.7 Å². The molecule has 0 aromatic heterocycles. The average Bonchev–Trinajstić information content (AvgIpc) is 3.66. The van der Waals surface area contributed by atoms with E-state index in [2.05, 4.69) is 34.5 Å². The van der Waals surface area contributed by atoms with E-state index >= 15 is 0 Å². The summed E-state index contributed by atoms with van der Waals surface area (Å²) in [5.74, 6) is 0.639. The van der Waals surface area contributed by atoms with Crippen LogP contribution in [0.3, 0.4) is 0 Å². The van der Waals surface area contributed by atoms with Crippen LogP contribution >= 0.6 is 11.6 Å². The van der Waals surface area contributed by atoms with E-state index in [4.69, 9.17) is 11.6 Å². The van der Waals surface area contributed by atoms with Gasteiger partial charge in [0.1, 0.15) is 0 Å². The maximum atomic E-state index is 12.5. The minimum absolute atomic E-state index is 0.0498. The number of anilines is 1. The molecule has 1 aliphatic rings. The van der Waals surface area contributed by atoms with Crippen molar-refractivity contribution in [3.05, 3.63) is 94.5 Å². The minimum Gasteiger partial charge on any atom is -0.326 e. The van der Waals surface area contributed by atoms with Gasteiger partial charge in [0.2, 0.25) is 5.91 Å². The molecule has 1 amide bonds. The third-order valence-electron chi connectivity index (χ3n) is 6.22. The van der Waals surface area contributed by atoms with Gasteiger partial charge in [-0.2, -0.15) is 0 Å². The van der Waals surface area contributed by atoms with Gasteiger partial charge >= 0.3 is 0 Å². The van der Waals surface area contributed by atoms with Crippen molar-refractivity contribution in [3.8, 4) is 0 Å². The summed E-state index contributed by atoms with van der Waals surface area (Å²) >= 11 is 6.61. The molecule has 0 atom stereocenters. The fourth-order valence-corrected chi connectivity index (χ4v) is 5.18. The van der Waals surface area contributed by atoms with E-state index in [-0.39, 0.29) is 23.0 Å². The van der Waals surface area contributed by atoms with E-state index in [9.17, 15) is 13.2 Å². The van der Waals surface area contributed by atoms with Crippen molar-refractivity contribution >= 4 is 33.0 Å². The quantitative estimate of drug-likeness (QED) is 0.358.